The van der Waals surface area contributed by atoms with Crippen molar-refractivity contribution in [2.75, 3.05) is 13.1 Å². The minimum atomic E-state index is -0.435. The van der Waals surface area contributed by atoms with Crippen LogP contribution in [0.15, 0.2) is 55.0 Å². The van der Waals surface area contributed by atoms with E-state index in [1.807, 2.05) is 52.2 Å². The van der Waals surface area contributed by atoms with Gasteiger partial charge < -0.3 is 10.0 Å². The maximum Gasteiger partial charge on any atom is 0.276 e. The summed E-state index contributed by atoms with van der Waals surface area (Å²) in [4.78, 5) is 14.8. The smallest absolute Gasteiger partial charge is 0.276 e. The number of rotatable bonds is 3. The van der Waals surface area contributed by atoms with Crippen LogP contribution in [0, 0.1) is 11.8 Å². The van der Waals surface area contributed by atoms with Crippen LogP contribution in [0.2, 0.25) is 0 Å². The Morgan fingerprint density at radius 1 is 1.07 bits per heavy atom. The average Bonchev–Trinajstić information content (AvgIpc) is 3.47. The van der Waals surface area contributed by atoms with Crippen molar-refractivity contribution in [1.82, 2.24) is 29.7 Å². The molecule has 8 heteroatoms. The highest BCUT2D eigenvalue weighted by Crippen LogP contribution is 2.41. The summed E-state index contributed by atoms with van der Waals surface area (Å²) >= 11 is 0. The van der Waals surface area contributed by atoms with Crippen molar-refractivity contribution in [3.8, 4) is 5.69 Å². The number of fused-ring (bicyclic) bond motifs is 1. The number of hydrogen-bond acceptors (Lipinski definition) is 5. The van der Waals surface area contributed by atoms with E-state index < -0.39 is 6.10 Å². The van der Waals surface area contributed by atoms with Crippen LogP contribution < -0.4 is 0 Å². The van der Waals surface area contributed by atoms with Crippen molar-refractivity contribution in [3.63, 3.8) is 0 Å². The maximum absolute atomic E-state index is 13.0. The molecule has 3 heterocycles. The number of aliphatic hydroxyl groups excluding tert-OH is 1. The quantitative estimate of drug-likeness (QED) is 0.747. The van der Waals surface area contributed by atoms with Gasteiger partial charge in [-0.2, -0.15) is 5.10 Å². The van der Waals surface area contributed by atoms with Crippen molar-refractivity contribution >= 4 is 5.91 Å². The molecular weight excluding hydrogens is 356 g/mol. The zero-order valence-corrected chi connectivity index (χ0v) is 15.4. The molecule has 4 atom stereocenters. The van der Waals surface area contributed by atoms with E-state index in [0.29, 0.717) is 37.0 Å². The number of nitrogens with zero attached hydrogens (tertiary/aromatic N) is 6. The van der Waals surface area contributed by atoms with Gasteiger partial charge in [-0.05, 0) is 42.9 Å². The minimum Gasteiger partial charge on any atom is -0.391 e. The van der Waals surface area contributed by atoms with Gasteiger partial charge in [0.1, 0.15) is 0 Å². The van der Waals surface area contributed by atoms with Gasteiger partial charge in [-0.3, -0.25) is 9.48 Å². The summed E-state index contributed by atoms with van der Waals surface area (Å²) in [5.74, 6) is 0.586. The summed E-state index contributed by atoms with van der Waals surface area (Å²) in [6, 6.07) is 11.5. The maximum atomic E-state index is 13.0. The molecule has 1 N–H and O–H groups in total. The Bertz CT molecular complexity index is 954. The van der Waals surface area contributed by atoms with Gasteiger partial charge in [0, 0.05) is 25.5 Å². The lowest BCUT2D eigenvalue weighted by molar-refractivity contribution is 0.0306. The molecule has 2 aliphatic rings. The third-order valence-corrected chi connectivity index (χ3v) is 5.99. The molecule has 8 nitrogen and oxygen atoms in total. The second-order valence-corrected chi connectivity index (χ2v) is 7.71. The van der Waals surface area contributed by atoms with Crippen LogP contribution in [0.1, 0.15) is 29.4 Å². The van der Waals surface area contributed by atoms with E-state index in [2.05, 4.69) is 15.4 Å². The number of likely N-dealkylation sites (tertiary alicyclic amines) is 1. The molecule has 0 spiro atoms. The van der Waals surface area contributed by atoms with Crippen LogP contribution >= 0.6 is 0 Å². The molecule has 2 aromatic heterocycles. The summed E-state index contributed by atoms with van der Waals surface area (Å²) in [6.45, 7) is 1.34. The molecule has 3 aromatic rings. The predicted molar refractivity (Wildman–Crippen MR) is 101 cm³/mol. The van der Waals surface area contributed by atoms with Gasteiger partial charge >= 0.3 is 0 Å². The average molecular weight is 378 g/mol. The van der Waals surface area contributed by atoms with Crippen LogP contribution in [-0.4, -0.2) is 59.9 Å². The normalized spacial score (nSPS) is 27.0. The van der Waals surface area contributed by atoms with Gasteiger partial charge in [0.25, 0.3) is 5.91 Å². The standard InChI is InChI=1S/C20H22N6O2/c27-19-10-15-12-24(11-14(15)9-18(19)25-8-4-7-21-25)20(28)17-13-26(23-22-17)16-5-2-1-3-6-16/h1-8,13-15,18-19,27H,9-12H2/t14-,15+,18-,19-/m1/s1. The molecule has 0 bridgehead atoms. The Hall–Kier alpha value is -3.00. The molecule has 1 aliphatic carbocycles. The van der Waals surface area contributed by atoms with Gasteiger partial charge in [-0.25, -0.2) is 4.68 Å². The highest BCUT2D eigenvalue weighted by molar-refractivity contribution is 5.92. The Morgan fingerprint density at radius 3 is 2.61 bits per heavy atom. The summed E-state index contributed by atoms with van der Waals surface area (Å²) in [6.07, 6.45) is 6.40. The zero-order chi connectivity index (χ0) is 19.1. The molecule has 1 amide bonds. The van der Waals surface area contributed by atoms with Crippen LogP contribution in [0.25, 0.3) is 5.69 Å². The number of amides is 1. The van der Waals surface area contributed by atoms with Gasteiger partial charge in [0.2, 0.25) is 0 Å². The van der Waals surface area contributed by atoms with Gasteiger partial charge in [0.05, 0.1) is 24.0 Å². The number of carbonyl (C=O) groups excluding carboxylic acids is 1. The molecule has 1 aromatic carbocycles. The fourth-order valence-corrected chi connectivity index (χ4v) is 4.56. The lowest BCUT2D eigenvalue weighted by Crippen LogP contribution is -2.36. The molecule has 28 heavy (non-hydrogen) atoms. The zero-order valence-electron chi connectivity index (χ0n) is 15.4. The summed E-state index contributed by atoms with van der Waals surface area (Å²) < 4.78 is 3.46. The Labute approximate surface area is 162 Å². The van der Waals surface area contributed by atoms with E-state index in [1.54, 1.807) is 17.1 Å². The van der Waals surface area contributed by atoms with Crippen LogP contribution in [0.5, 0.6) is 0 Å². The number of aromatic nitrogens is 5. The topological polar surface area (TPSA) is 89.1 Å². The Kier molecular flexibility index (Phi) is 4.20. The molecule has 2 fully saturated rings. The number of benzene rings is 1. The molecule has 0 unspecified atom stereocenters. The lowest BCUT2D eigenvalue weighted by atomic mass is 9.77. The first-order valence-electron chi connectivity index (χ1n) is 9.63. The van der Waals surface area contributed by atoms with Crippen molar-refractivity contribution < 1.29 is 9.90 Å². The van der Waals surface area contributed by atoms with Crippen LogP contribution in [0.3, 0.4) is 0 Å². The molecule has 5 rings (SSSR count). The van der Waals surface area contributed by atoms with Crippen molar-refractivity contribution in [1.29, 1.82) is 0 Å². The Morgan fingerprint density at radius 2 is 1.86 bits per heavy atom. The van der Waals surface area contributed by atoms with E-state index in [1.165, 1.54) is 0 Å². The van der Waals surface area contributed by atoms with E-state index in [-0.39, 0.29) is 11.9 Å². The molecule has 144 valence electrons. The van der Waals surface area contributed by atoms with Gasteiger partial charge in [0.15, 0.2) is 5.69 Å². The molecular formula is C20H22N6O2. The molecule has 1 saturated heterocycles. The molecule has 1 saturated carbocycles. The minimum absolute atomic E-state index is 0.0229. The summed E-state index contributed by atoms with van der Waals surface area (Å²) in [5, 5.41) is 23.0. The van der Waals surface area contributed by atoms with E-state index in [4.69, 9.17) is 0 Å². The van der Waals surface area contributed by atoms with E-state index in [9.17, 15) is 9.90 Å². The third kappa shape index (κ3) is 2.99. The summed E-state index contributed by atoms with van der Waals surface area (Å²) in [5.41, 5.74) is 1.22. The number of hydrogen-bond donors (Lipinski definition) is 1. The number of carbonyl (C=O) groups is 1. The monoisotopic (exact) mass is 378 g/mol. The lowest BCUT2D eigenvalue weighted by Gasteiger charge is -2.35. The van der Waals surface area contributed by atoms with E-state index >= 15 is 0 Å². The first kappa shape index (κ1) is 17.1. The van der Waals surface area contributed by atoms with E-state index in [0.717, 1.165) is 12.1 Å². The first-order valence-corrected chi connectivity index (χ1v) is 9.63. The second kappa shape index (κ2) is 6.87. The molecule has 0 radical (unpaired) electrons. The largest absolute Gasteiger partial charge is 0.391 e. The van der Waals surface area contributed by atoms with Gasteiger partial charge in [-0.1, -0.05) is 23.4 Å². The van der Waals surface area contributed by atoms with Crippen molar-refractivity contribution in [2.24, 2.45) is 11.8 Å². The van der Waals surface area contributed by atoms with Crippen molar-refractivity contribution in [2.45, 2.75) is 25.0 Å². The summed E-state index contributed by atoms with van der Waals surface area (Å²) in [7, 11) is 0. The highest BCUT2D eigenvalue weighted by Gasteiger charge is 2.44. The first-order chi connectivity index (χ1) is 13.7. The predicted octanol–water partition coefficient (Wildman–Crippen LogP) is 1.55. The number of para-hydroxylation sites is 1. The SMILES string of the molecule is O=C(c1cn(-c2ccccc2)nn1)N1C[C@H]2C[C@@H](n3cccn3)[C@H](O)C[C@H]2C1. The van der Waals surface area contributed by atoms with Crippen LogP contribution in [0.4, 0.5) is 0 Å². The Balaban J connectivity index is 1.30. The third-order valence-electron chi connectivity index (χ3n) is 5.99. The fourth-order valence-electron chi connectivity index (χ4n) is 4.56. The second-order valence-electron chi connectivity index (χ2n) is 7.71. The fraction of sp³-hybridized carbons (Fsp3) is 0.400. The van der Waals surface area contributed by atoms with Crippen LogP contribution in [-0.2, 0) is 0 Å². The van der Waals surface area contributed by atoms with Gasteiger partial charge in [-0.15, -0.1) is 5.10 Å². The molecule has 1 aliphatic heterocycles. The number of aliphatic hydroxyl groups is 1. The van der Waals surface area contributed by atoms with Crippen molar-refractivity contribution in [3.05, 3.63) is 60.7 Å². The highest BCUT2D eigenvalue weighted by atomic mass is 16.3.